The van der Waals surface area contributed by atoms with Gasteiger partial charge in [0.15, 0.2) is 0 Å². The van der Waals surface area contributed by atoms with E-state index in [0.29, 0.717) is 19.1 Å². The minimum Gasteiger partial charge on any atom is -0.385 e. The highest BCUT2D eigenvalue weighted by atomic mass is 16.5. The zero-order chi connectivity index (χ0) is 13.4. The number of anilines is 1. The van der Waals surface area contributed by atoms with Gasteiger partial charge < -0.3 is 15.4 Å². The van der Waals surface area contributed by atoms with Crippen LogP contribution >= 0.6 is 0 Å². The molecule has 0 spiro atoms. The van der Waals surface area contributed by atoms with Crippen molar-refractivity contribution in [2.45, 2.75) is 26.2 Å². The minimum atomic E-state index is -0.174. The molecule has 4 nitrogen and oxygen atoms in total. The van der Waals surface area contributed by atoms with Gasteiger partial charge in [0.05, 0.1) is 0 Å². The Morgan fingerprint density at radius 3 is 2.83 bits per heavy atom. The van der Waals surface area contributed by atoms with Crippen LogP contribution in [0.3, 0.4) is 0 Å². The molecule has 0 fully saturated rings. The van der Waals surface area contributed by atoms with E-state index in [1.54, 1.807) is 7.11 Å². The number of benzene rings is 1. The summed E-state index contributed by atoms with van der Waals surface area (Å²) in [6, 6.07) is 7.73. The van der Waals surface area contributed by atoms with Crippen molar-refractivity contribution >= 4 is 11.7 Å². The zero-order valence-corrected chi connectivity index (χ0v) is 11.3. The first-order chi connectivity index (χ1) is 8.63. The average Bonchev–Trinajstić information content (AvgIpc) is 2.35. The largest absolute Gasteiger partial charge is 0.385 e. The number of carbonyl (C=O) groups is 1. The quantitative estimate of drug-likeness (QED) is 0.763. The van der Waals surface area contributed by atoms with E-state index in [0.717, 1.165) is 12.1 Å². The van der Waals surface area contributed by atoms with E-state index in [1.807, 2.05) is 18.2 Å². The number of carbonyl (C=O) groups excluding carboxylic acids is 1. The predicted octanol–water partition coefficient (Wildman–Crippen LogP) is 2.97. The Bertz CT molecular complexity index is 378. The summed E-state index contributed by atoms with van der Waals surface area (Å²) in [5, 5.41) is 5.61. The molecule has 0 radical (unpaired) electrons. The molecule has 0 bridgehead atoms. The molecule has 100 valence electrons. The molecule has 1 aromatic rings. The molecule has 0 saturated heterocycles. The van der Waals surface area contributed by atoms with E-state index >= 15 is 0 Å². The van der Waals surface area contributed by atoms with Gasteiger partial charge >= 0.3 is 6.03 Å². The van der Waals surface area contributed by atoms with Crippen molar-refractivity contribution in [3.8, 4) is 0 Å². The zero-order valence-electron chi connectivity index (χ0n) is 11.3. The molecule has 1 aromatic carbocycles. The number of methoxy groups -OCH3 is 1. The van der Waals surface area contributed by atoms with Crippen molar-refractivity contribution in [1.29, 1.82) is 0 Å². The van der Waals surface area contributed by atoms with E-state index < -0.39 is 0 Å². The number of nitrogens with one attached hydrogen (secondary N) is 2. The standard InChI is InChI=1S/C14H22N2O2/c1-11(2)12-6-4-7-13(10-12)16-14(17)15-8-5-9-18-3/h4,6-7,10-11H,5,8-9H2,1-3H3,(H2,15,16,17). The fourth-order valence-electron chi connectivity index (χ4n) is 1.57. The lowest BCUT2D eigenvalue weighted by atomic mass is 10.0. The van der Waals surface area contributed by atoms with Gasteiger partial charge in [-0.05, 0) is 30.0 Å². The second-order valence-corrected chi connectivity index (χ2v) is 4.51. The number of amides is 2. The van der Waals surface area contributed by atoms with Crippen molar-refractivity contribution in [2.75, 3.05) is 25.6 Å². The van der Waals surface area contributed by atoms with Crippen molar-refractivity contribution in [2.24, 2.45) is 0 Å². The van der Waals surface area contributed by atoms with Crippen LogP contribution in [-0.4, -0.2) is 26.3 Å². The smallest absolute Gasteiger partial charge is 0.319 e. The molecule has 0 heterocycles. The SMILES string of the molecule is COCCCNC(=O)Nc1cccc(C(C)C)c1. The second kappa shape index (κ2) is 7.71. The van der Waals surface area contributed by atoms with Gasteiger partial charge in [-0.15, -0.1) is 0 Å². The van der Waals surface area contributed by atoms with Crippen LogP contribution in [0.15, 0.2) is 24.3 Å². The van der Waals surface area contributed by atoms with Gasteiger partial charge in [0.25, 0.3) is 0 Å². The Labute approximate surface area is 109 Å². The van der Waals surface area contributed by atoms with Crippen LogP contribution in [0.5, 0.6) is 0 Å². The molecule has 0 atom stereocenters. The van der Waals surface area contributed by atoms with Crippen LogP contribution in [-0.2, 0) is 4.74 Å². The second-order valence-electron chi connectivity index (χ2n) is 4.51. The van der Waals surface area contributed by atoms with Gasteiger partial charge in [0, 0.05) is 25.9 Å². The lowest BCUT2D eigenvalue weighted by Gasteiger charge is -2.10. The number of ether oxygens (including phenoxy) is 1. The molecule has 2 N–H and O–H groups in total. The summed E-state index contributed by atoms with van der Waals surface area (Å²) < 4.78 is 4.91. The van der Waals surface area contributed by atoms with Crippen molar-refractivity contribution in [3.05, 3.63) is 29.8 Å². The highest BCUT2D eigenvalue weighted by Crippen LogP contribution is 2.18. The van der Waals surface area contributed by atoms with E-state index in [2.05, 4.69) is 30.5 Å². The first kappa shape index (κ1) is 14.5. The van der Waals surface area contributed by atoms with E-state index in [4.69, 9.17) is 4.74 Å². The molecule has 0 aliphatic carbocycles. The summed E-state index contributed by atoms with van der Waals surface area (Å²) in [4.78, 5) is 11.6. The maximum atomic E-state index is 11.6. The molecule has 4 heteroatoms. The third kappa shape index (κ3) is 5.19. The molecule has 1 rings (SSSR count). The van der Waals surface area contributed by atoms with Crippen molar-refractivity contribution < 1.29 is 9.53 Å². The molecule has 2 amide bonds. The lowest BCUT2D eigenvalue weighted by Crippen LogP contribution is -2.30. The van der Waals surface area contributed by atoms with Crippen LogP contribution in [0.4, 0.5) is 10.5 Å². The summed E-state index contributed by atoms with van der Waals surface area (Å²) in [5.74, 6) is 0.455. The van der Waals surface area contributed by atoms with Crippen molar-refractivity contribution in [3.63, 3.8) is 0 Å². The lowest BCUT2D eigenvalue weighted by molar-refractivity contribution is 0.194. The highest BCUT2D eigenvalue weighted by molar-refractivity contribution is 5.89. The Morgan fingerprint density at radius 1 is 1.39 bits per heavy atom. The summed E-state index contributed by atoms with van der Waals surface area (Å²) in [7, 11) is 1.65. The summed E-state index contributed by atoms with van der Waals surface area (Å²) in [6.45, 7) is 5.53. The third-order valence-corrected chi connectivity index (χ3v) is 2.62. The Hall–Kier alpha value is -1.55. The Kier molecular flexibility index (Phi) is 6.22. The van der Waals surface area contributed by atoms with Gasteiger partial charge in [0.1, 0.15) is 0 Å². The molecule has 0 unspecified atom stereocenters. The fraction of sp³-hybridized carbons (Fsp3) is 0.500. The van der Waals surface area contributed by atoms with Gasteiger partial charge in [-0.3, -0.25) is 0 Å². The van der Waals surface area contributed by atoms with E-state index in [9.17, 15) is 4.79 Å². The monoisotopic (exact) mass is 250 g/mol. The van der Waals surface area contributed by atoms with E-state index in [-0.39, 0.29) is 6.03 Å². The molecule has 18 heavy (non-hydrogen) atoms. The summed E-state index contributed by atoms with van der Waals surface area (Å²) in [5.41, 5.74) is 2.04. The van der Waals surface area contributed by atoms with Crippen LogP contribution in [0.25, 0.3) is 0 Å². The summed E-state index contributed by atoms with van der Waals surface area (Å²) in [6.07, 6.45) is 0.815. The number of hydrogen-bond donors (Lipinski definition) is 2. The van der Waals surface area contributed by atoms with Gasteiger partial charge in [-0.25, -0.2) is 4.79 Å². The highest BCUT2D eigenvalue weighted by Gasteiger charge is 2.03. The third-order valence-electron chi connectivity index (χ3n) is 2.62. The number of rotatable bonds is 6. The topological polar surface area (TPSA) is 50.4 Å². The fourth-order valence-corrected chi connectivity index (χ4v) is 1.57. The molecular formula is C14H22N2O2. The molecule has 0 aliphatic rings. The van der Waals surface area contributed by atoms with Crippen LogP contribution < -0.4 is 10.6 Å². The Morgan fingerprint density at radius 2 is 2.17 bits per heavy atom. The van der Waals surface area contributed by atoms with Crippen molar-refractivity contribution in [1.82, 2.24) is 5.32 Å². The number of hydrogen-bond acceptors (Lipinski definition) is 2. The maximum absolute atomic E-state index is 11.6. The molecular weight excluding hydrogens is 228 g/mol. The molecule has 0 saturated carbocycles. The van der Waals surface area contributed by atoms with Crippen LogP contribution in [0.2, 0.25) is 0 Å². The van der Waals surface area contributed by atoms with E-state index in [1.165, 1.54) is 5.56 Å². The maximum Gasteiger partial charge on any atom is 0.319 e. The first-order valence-corrected chi connectivity index (χ1v) is 6.27. The number of urea groups is 1. The summed E-state index contributed by atoms with van der Waals surface area (Å²) >= 11 is 0. The van der Waals surface area contributed by atoms with Gasteiger partial charge in [-0.2, -0.15) is 0 Å². The molecule has 0 aliphatic heterocycles. The predicted molar refractivity (Wildman–Crippen MR) is 74.0 cm³/mol. The van der Waals surface area contributed by atoms with Crippen LogP contribution in [0, 0.1) is 0 Å². The minimum absolute atomic E-state index is 0.174. The average molecular weight is 250 g/mol. The van der Waals surface area contributed by atoms with Crippen LogP contribution in [0.1, 0.15) is 31.7 Å². The molecule has 0 aromatic heterocycles. The normalized spacial score (nSPS) is 10.4. The first-order valence-electron chi connectivity index (χ1n) is 6.27. The van der Waals surface area contributed by atoms with Gasteiger partial charge in [0.2, 0.25) is 0 Å². The van der Waals surface area contributed by atoms with Gasteiger partial charge in [-0.1, -0.05) is 26.0 Å². The Balaban J connectivity index is 2.41.